The van der Waals surface area contributed by atoms with Crippen molar-refractivity contribution in [2.75, 3.05) is 7.11 Å². The van der Waals surface area contributed by atoms with Crippen LogP contribution in [-0.2, 0) is 22.5 Å². The molecule has 5 rings (SSSR count). The first-order chi connectivity index (χ1) is 18.1. The molecule has 0 aliphatic carbocycles. The summed E-state index contributed by atoms with van der Waals surface area (Å²) in [6, 6.07) is 22.0. The van der Waals surface area contributed by atoms with E-state index in [2.05, 4.69) is 40.2 Å². The van der Waals surface area contributed by atoms with Crippen LogP contribution in [0, 0.1) is 0 Å². The summed E-state index contributed by atoms with van der Waals surface area (Å²) < 4.78 is 7.24. The molecule has 0 saturated carbocycles. The van der Waals surface area contributed by atoms with Crippen molar-refractivity contribution in [3.8, 4) is 11.1 Å². The van der Waals surface area contributed by atoms with Gasteiger partial charge in [-0.2, -0.15) is 5.10 Å². The van der Waals surface area contributed by atoms with Gasteiger partial charge in [0.05, 0.1) is 29.4 Å². The van der Waals surface area contributed by atoms with Crippen molar-refractivity contribution in [3.63, 3.8) is 0 Å². The Labute approximate surface area is 216 Å². The van der Waals surface area contributed by atoms with Gasteiger partial charge in [-0.25, -0.2) is 15.2 Å². The summed E-state index contributed by atoms with van der Waals surface area (Å²) in [7, 11) is 1.40. The summed E-state index contributed by atoms with van der Waals surface area (Å²) in [6.45, 7) is 2.87. The largest absolute Gasteiger partial charge is 0.465 e. The fraction of sp³-hybridized carbons (Fsp3) is 0.267. The molecule has 1 amide bonds. The van der Waals surface area contributed by atoms with E-state index in [4.69, 9.17) is 9.72 Å². The van der Waals surface area contributed by atoms with Gasteiger partial charge in [0, 0.05) is 25.8 Å². The van der Waals surface area contributed by atoms with Crippen LogP contribution < -0.4 is 5.43 Å². The summed E-state index contributed by atoms with van der Waals surface area (Å²) in [4.78, 5) is 28.7. The monoisotopic (exact) mass is 494 g/mol. The molecule has 0 radical (unpaired) electrons. The lowest BCUT2D eigenvalue weighted by molar-refractivity contribution is -0.121. The number of aryl methyl sites for hydroxylation is 1. The van der Waals surface area contributed by atoms with E-state index in [-0.39, 0.29) is 11.9 Å². The van der Waals surface area contributed by atoms with Gasteiger partial charge in [-0.1, -0.05) is 61.9 Å². The maximum absolute atomic E-state index is 12.2. The van der Waals surface area contributed by atoms with Gasteiger partial charge in [0.1, 0.15) is 5.82 Å². The lowest BCUT2D eigenvalue weighted by Gasteiger charge is -2.14. The standard InChI is InChI=1S/C30H30N4O3/c1-3-4-9-28-31-26-15-14-22(25-16-17-29(35)33-32-25)18-27(26)34(28)19-20-10-12-21(13-11-20)23-7-5-6-8-24(23)30(36)37-2/h5-8,10-15,18H,3-4,9,16-17,19H2,1-2H3,(H,33,35). The second kappa shape index (κ2) is 10.8. The number of ether oxygens (including phenoxy) is 1. The number of benzene rings is 3. The fourth-order valence-electron chi connectivity index (χ4n) is 4.73. The van der Waals surface area contributed by atoms with Crippen LogP contribution in [0.25, 0.3) is 22.2 Å². The number of imidazole rings is 1. The number of methoxy groups -OCH3 is 1. The van der Waals surface area contributed by atoms with Crippen molar-refractivity contribution in [2.24, 2.45) is 5.10 Å². The van der Waals surface area contributed by atoms with E-state index in [1.807, 2.05) is 42.5 Å². The maximum Gasteiger partial charge on any atom is 0.338 e. The van der Waals surface area contributed by atoms with Crippen molar-refractivity contribution in [1.82, 2.24) is 15.0 Å². The van der Waals surface area contributed by atoms with Crippen molar-refractivity contribution in [1.29, 1.82) is 0 Å². The Morgan fingerprint density at radius 3 is 2.54 bits per heavy atom. The number of aromatic nitrogens is 2. The van der Waals surface area contributed by atoms with Crippen LogP contribution in [0.1, 0.15) is 59.9 Å². The first-order valence-electron chi connectivity index (χ1n) is 12.7. The number of unbranched alkanes of at least 4 members (excludes halogenated alkanes) is 1. The molecule has 1 aliphatic heterocycles. The van der Waals surface area contributed by atoms with Gasteiger partial charge in [0.15, 0.2) is 0 Å². The molecule has 7 heteroatoms. The van der Waals surface area contributed by atoms with Crippen molar-refractivity contribution in [2.45, 2.75) is 45.6 Å². The Bertz CT molecular complexity index is 1480. The smallest absolute Gasteiger partial charge is 0.338 e. The number of rotatable bonds is 8. The van der Waals surface area contributed by atoms with E-state index < -0.39 is 0 Å². The number of nitrogens with zero attached hydrogens (tertiary/aromatic N) is 3. The minimum Gasteiger partial charge on any atom is -0.465 e. The Hall–Kier alpha value is -4.26. The summed E-state index contributed by atoms with van der Waals surface area (Å²) in [5.74, 6) is 0.672. The molecular weight excluding hydrogens is 464 g/mol. The molecule has 7 nitrogen and oxygen atoms in total. The van der Waals surface area contributed by atoms with Gasteiger partial charge >= 0.3 is 5.97 Å². The molecule has 0 spiro atoms. The van der Waals surface area contributed by atoms with Crippen LogP contribution in [0.4, 0.5) is 0 Å². The third-order valence-corrected chi connectivity index (χ3v) is 6.76. The van der Waals surface area contributed by atoms with Gasteiger partial charge in [-0.15, -0.1) is 0 Å². The predicted molar refractivity (Wildman–Crippen MR) is 145 cm³/mol. The zero-order chi connectivity index (χ0) is 25.8. The van der Waals surface area contributed by atoms with Gasteiger partial charge in [-0.3, -0.25) is 4.79 Å². The SMILES string of the molecule is CCCCc1nc2ccc(C3=NNC(=O)CC3)cc2n1Cc1ccc(-c2ccccc2C(=O)OC)cc1. The van der Waals surface area contributed by atoms with Crippen molar-refractivity contribution >= 4 is 28.6 Å². The molecule has 188 valence electrons. The summed E-state index contributed by atoms with van der Waals surface area (Å²) >= 11 is 0. The van der Waals surface area contributed by atoms with Crippen molar-refractivity contribution < 1.29 is 14.3 Å². The quantitative estimate of drug-likeness (QED) is 0.328. The molecule has 0 fully saturated rings. The molecule has 37 heavy (non-hydrogen) atoms. The lowest BCUT2D eigenvalue weighted by atomic mass is 9.98. The summed E-state index contributed by atoms with van der Waals surface area (Å²) in [6.07, 6.45) is 4.14. The van der Waals surface area contributed by atoms with Crippen LogP contribution in [0.3, 0.4) is 0 Å². The van der Waals surface area contributed by atoms with Crippen LogP contribution in [0.2, 0.25) is 0 Å². The van der Waals surface area contributed by atoms with Crippen LogP contribution in [-0.4, -0.2) is 34.2 Å². The number of esters is 1. The number of fused-ring (bicyclic) bond motifs is 1. The van der Waals surface area contributed by atoms with E-state index in [1.54, 1.807) is 6.07 Å². The van der Waals surface area contributed by atoms with E-state index in [0.29, 0.717) is 24.9 Å². The van der Waals surface area contributed by atoms with Crippen LogP contribution in [0.5, 0.6) is 0 Å². The average Bonchev–Trinajstić information content (AvgIpc) is 3.28. The van der Waals surface area contributed by atoms with E-state index in [0.717, 1.165) is 64.1 Å². The number of carbonyl (C=O) groups excluding carboxylic acids is 2. The normalized spacial score (nSPS) is 13.4. The average molecular weight is 495 g/mol. The Kier molecular flexibility index (Phi) is 7.12. The molecule has 3 aromatic carbocycles. The minimum atomic E-state index is -0.344. The highest BCUT2D eigenvalue weighted by Gasteiger charge is 2.17. The highest BCUT2D eigenvalue weighted by atomic mass is 16.5. The van der Waals surface area contributed by atoms with Gasteiger partial charge in [0.25, 0.3) is 0 Å². The second-order valence-corrected chi connectivity index (χ2v) is 9.25. The number of nitrogens with one attached hydrogen (secondary N) is 1. The number of hydrogen-bond donors (Lipinski definition) is 1. The molecule has 1 aliphatic rings. The maximum atomic E-state index is 12.2. The molecule has 4 aromatic rings. The molecule has 2 heterocycles. The summed E-state index contributed by atoms with van der Waals surface area (Å²) in [5, 5.41) is 4.28. The molecule has 1 N–H and O–H groups in total. The zero-order valence-electron chi connectivity index (χ0n) is 21.2. The van der Waals surface area contributed by atoms with E-state index in [1.165, 1.54) is 7.11 Å². The van der Waals surface area contributed by atoms with Crippen LogP contribution >= 0.6 is 0 Å². The Morgan fingerprint density at radius 1 is 1.03 bits per heavy atom. The third-order valence-electron chi connectivity index (χ3n) is 6.76. The summed E-state index contributed by atoms with van der Waals surface area (Å²) in [5.41, 5.74) is 10.0. The lowest BCUT2D eigenvalue weighted by Crippen LogP contribution is -2.25. The molecule has 1 aromatic heterocycles. The van der Waals surface area contributed by atoms with Gasteiger partial charge in [-0.05, 0) is 46.9 Å². The predicted octanol–water partition coefficient (Wildman–Crippen LogP) is 5.49. The first-order valence-corrected chi connectivity index (χ1v) is 12.7. The van der Waals surface area contributed by atoms with E-state index in [9.17, 15) is 9.59 Å². The highest BCUT2D eigenvalue weighted by Crippen LogP contribution is 2.27. The van der Waals surface area contributed by atoms with E-state index >= 15 is 0 Å². The molecule has 0 unspecified atom stereocenters. The fourth-order valence-corrected chi connectivity index (χ4v) is 4.73. The van der Waals surface area contributed by atoms with Crippen LogP contribution in [0.15, 0.2) is 71.8 Å². The number of hydrogen-bond acceptors (Lipinski definition) is 5. The zero-order valence-corrected chi connectivity index (χ0v) is 21.2. The number of carbonyl (C=O) groups is 2. The Morgan fingerprint density at radius 2 is 1.81 bits per heavy atom. The van der Waals surface area contributed by atoms with Crippen molar-refractivity contribution in [3.05, 3.63) is 89.2 Å². The minimum absolute atomic E-state index is 0.0469. The highest BCUT2D eigenvalue weighted by molar-refractivity contribution is 6.05. The first kappa shape index (κ1) is 24.4. The number of amides is 1. The molecule has 0 atom stereocenters. The number of hydrazone groups is 1. The Balaban J connectivity index is 1.48. The molecule has 0 bridgehead atoms. The topological polar surface area (TPSA) is 85.6 Å². The van der Waals surface area contributed by atoms with Gasteiger partial charge in [0.2, 0.25) is 5.91 Å². The second-order valence-electron chi connectivity index (χ2n) is 9.25. The molecule has 0 saturated heterocycles. The van der Waals surface area contributed by atoms with Gasteiger partial charge < -0.3 is 9.30 Å². The molecular formula is C30H30N4O3. The third kappa shape index (κ3) is 5.16.